The van der Waals surface area contributed by atoms with Gasteiger partial charge in [-0.1, -0.05) is 25.5 Å². The molecule has 0 atom stereocenters. The van der Waals surface area contributed by atoms with Gasteiger partial charge in [0.25, 0.3) is 5.78 Å². The fourth-order valence-corrected chi connectivity index (χ4v) is 2.52. The van der Waals surface area contributed by atoms with Crippen LogP contribution in [0.15, 0.2) is 30.6 Å². The Morgan fingerprint density at radius 1 is 1.24 bits per heavy atom. The molecule has 0 aliphatic heterocycles. The summed E-state index contributed by atoms with van der Waals surface area (Å²) in [5.41, 5.74) is 4.47. The Bertz CT molecular complexity index is 775. The molecule has 0 radical (unpaired) electrons. The van der Waals surface area contributed by atoms with Crippen LogP contribution in [0.1, 0.15) is 30.2 Å². The molecule has 0 unspecified atom stereocenters. The first kappa shape index (κ1) is 13.5. The molecule has 0 fully saturated rings. The Hall–Kier alpha value is -2.43. The standard InChI is InChI=1S/C16H19N5/c1-4-6-14-12(3)19-16-17-10-18-21(16)15(14)20-13-8-5-7-11(2)9-13/h5,7-10,20H,4,6H2,1-3H3. The number of aromatic nitrogens is 4. The molecule has 3 rings (SSSR count). The molecule has 2 aromatic heterocycles. The molecule has 1 aromatic carbocycles. The number of aryl methyl sites for hydroxylation is 2. The highest BCUT2D eigenvalue weighted by molar-refractivity contribution is 5.63. The summed E-state index contributed by atoms with van der Waals surface area (Å²) in [5.74, 6) is 1.59. The number of anilines is 2. The Morgan fingerprint density at radius 2 is 2.10 bits per heavy atom. The fourth-order valence-electron chi connectivity index (χ4n) is 2.52. The third-order valence-corrected chi connectivity index (χ3v) is 3.51. The lowest BCUT2D eigenvalue weighted by Gasteiger charge is -2.15. The van der Waals surface area contributed by atoms with E-state index < -0.39 is 0 Å². The molecule has 0 amide bonds. The van der Waals surface area contributed by atoms with E-state index in [0.29, 0.717) is 5.78 Å². The van der Waals surface area contributed by atoms with E-state index in [1.165, 1.54) is 11.1 Å². The van der Waals surface area contributed by atoms with Crippen molar-refractivity contribution in [1.82, 2.24) is 19.6 Å². The predicted octanol–water partition coefficient (Wildman–Crippen LogP) is 3.44. The molecule has 5 heteroatoms. The van der Waals surface area contributed by atoms with Crippen molar-refractivity contribution in [3.63, 3.8) is 0 Å². The number of rotatable bonds is 4. The van der Waals surface area contributed by atoms with Crippen molar-refractivity contribution in [2.45, 2.75) is 33.6 Å². The Kier molecular flexibility index (Phi) is 3.56. The van der Waals surface area contributed by atoms with Crippen LogP contribution in [-0.4, -0.2) is 19.6 Å². The van der Waals surface area contributed by atoms with Gasteiger partial charge in [0.1, 0.15) is 12.1 Å². The number of nitrogens with one attached hydrogen (secondary N) is 1. The van der Waals surface area contributed by atoms with Gasteiger partial charge in [0.05, 0.1) is 0 Å². The van der Waals surface area contributed by atoms with Crippen molar-refractivity contribution in [2.24, 2.45) is 0 Å². The second-order valence-electron chi connectivity index (χ2n) is 5.24. The van der Waals surface area contributed by atoms with Crippen LogP contribution in [0.3, 0.4) is 0 Å². The number of hydrogen-bond donors (Lipinski definition) is 1. The van der Waals surface area contributed by atoms with Crippen LogP contribution < -0.4 is 5.32 Å². The number of fused-ring (bicyclic) bond motifs is 1. The van der Waals surface area contributed by atoms with Crippen LogP contribution in [0.4, 0.5) is 11.5 Å². The quantitative estimate of drug-likeness (QED) is 0.796. The van der Waals surface area contributed by atoms with Gasteiger partial charge in [0, 0.05) is 16.9 Å². The van der Waals surface area contributed by atoms with Crippen molar-refractivity contribution < 1.29 is 0 Å². The highest BCUT2D eigenvalue weighted by atomic mass is 15.4. The van der Waals surface area contributed by atoms with Gasteiger partial charge in [0.2, 0.25) is 0 Å². The van der Waals surface area contributed by atoms with Crippen LogP contribution in [0.2, 0.25) is 0 Å². The molecule has 0 saturated carbocycles. The van der Waals surface area contributed by atoms with Crippen LogP contribution >= 0.6 is 0 Å². The van der Waals surface area contributed by atoms with Crippen LogP contribution in [0.25, 0.3) is 5.78 Å². The van der Waals surface area contributed by atoms with Crippen molar-refractivity contribution in [2.75, 3.05) is 5.32 Å². The van der Waals surface area contributed by atoms with E-state index in [0.717, 1.165) is 30.0 Å². The average molecular weight is 281 g/mol. The molecule has 0 saturated heterocycles. The maximum Gasteiger partial charge on any atom is 0.254 e. The molecule has 0 spiro atoms. The van der Waals surface area contributed by atoms with Gasteiger partial charge in [0.15, 0.2) is 0 Å². The minimum absolute atomic E-state index is 0.627. The van der Waals surface area contributed by atoms with Gasteiger partial charge >= 0.3 is 0 Å². The zero-order chi connectivity index (χ0) is 14.8. The minimum Gasteiger partial charge on any atom is -0.340 e. The summed E-state index contributed by atoms with van der Waals surface area (Å²) >= 11 is 0. The van der Waals surface area contributed by atoms with Crippen molar-refractivity contribution in [3.05, 3.63) is 47.4 Å². The zero-order valence-corrected chi connectivity index (χ0v) is 12.6. The van der Waals surface area contributed by atoms with Crippen molar-refractivity contribution in [1.29, 1.82) is 0 Å². The van der Waals surface area contributed by atoms with E-state index in [9.17, 15) is 0 Å². The van der Waals surface area contributed by atoms with E-state index >= 15 is 0 Å². The minimum atomic E-state index is 0.627. The lowest BCUT2D eigenvalue weighted by molar-refractivity contribution is 0.856. The van der Waals surface area contributed by atoms with E-state index in [1.807, 2.05) is 13.0 Å². The monoisotopic (exact) mass is 281 g/mol. The van der Waals surface area contributed by atoms with Gasteiger partial charge in [-0.3, -0.25) is 0 Å². The third-order valence-electron chi connectivity index (χ3n) is 3.51. The van der Waals surface area contributed by atoms with Gasteiger partial charge in [-0.25, -0.2) is 4.98 Å². The summed E-state index contributed by atoms with van der Waals surface area (Å²) in [6.45, 7) is 6.28. The number of hydrogen-bond acceptors (Lipinski definition) is 4. The molecule has 0 aliphatic rings. The molecular formula is C16H19N5. The second-order valence-corrected chi connectivity index (χ2v) is 5.24. The summed E-state index contributed by atoms with van der Waals surface area (Å²) in [5, 5.41) is 7.79. The van der Waals surface area contributed by atoms with E-state index in [-0.39, 0.29) is 0 Å². The Morgan fingerprint density at radius 3 is 2.86 bits per heavy atom. The van der Waals surface area contributed by atoms with Crippen LogP contribution in [-0.2, 0) is 6.42 Å². The van der Waals surface area contributed by atoms with E-state index in [2.05, 4.69) is 52.4 Å². The lowest BCUT2D eigenvalue weighted by atomic mass is 10.1. The molecule has 21 heavy (non-hydrogen) atoms. The number of benzene rings is 1. The first-order chi connectivity index (χ1) is 10.2. The SMILES string of the molecule is CCCc1c(C)nc2ncnn2c1Nc1cccc(C)c1. The molecule has 0 aliphatic carbocycles. The van der Waals surface area contributed by atoms with Gasteiger partial charge < -0.3 is 5.32 Å². The highest BCUT2D eigenvalue weighted by Crippen LogP contribution is 2.25. The summed E-state index contributed by atoms with van der Waals surface area (Å²) in [7, 11) is 0. The summed E-state index contributed by atoms with van der Waals surface area (Å²) in [4.78, 5) is 8.72. The van der Waals surface area contributed by atoms with E-state index in [1.54, 1.807) is 10.8 Å². The second kappa shape index (κ2) is 5.52. The topological polar surface area (TPSA) is 55.1 Å². The molecule has 0 bridgehead atoms. The molecule has 3 aromatic rings. The lowest BCUT2D eigenvalue weighted by Crippen LogP contribution is -2.08. The zero-order valence-electron chi connectivity index (χ0n) is 12.6. The van der Waals surface area contributed by atoms with Crippen LogP contribution in [0, 0.1) is 13.8 Å². The molecule has 1 N–H and O–H groups in total. The first-order valence-electron chi connectivity index (χ1n) is 7.22. The largest absolute Gasteiger partial charge is 0.340 e. The van der Waals surface area contributed by atoms with Crippen LogP contribution in [0.5, 0.6) is 0 Å². The van der Waals surface area contributed by atoms with Crippen molar-refractivity contribution >= 4 is 17.3 Å². The smallest absolute Gasteiger partial charge is 0.254 e. The van der Waals surface area contributed by atoms with Gasteiger partial charge in [-0.2, -0.15) is 14.6 Å². The molecule has 108 valence electrons. The normalized spacial score (nSPS) is 11.0. The molecule has 5 nitrogen and oxygen atoms in total. The van der Waals surface area contributed by atoms with Gasteiger partial charge in [-0.15, -0.1) is 0 Å². The maximum atomic E-state index is 4.52. The molecular weight excluding hydrogens is 262 g/mol. The first-order valence-corrected chi connectivity index (χ1v) is 7.22. The summed E-state index contributed by atoms with van der Waals surface area (Å²) in [6.07, 6.45) is 3.56. The maximum absolute atomic E-state index is 4.52. The van der Waals surface area contributed by atoms with E-state index in [4.69, 9.17) is 0 Å². The van der Waals surface area contributed by atoms with Gasteiger partial charge in [-0.05, 0) is 38.0 Å². The summed E-state index contributed by atoms with van der Waals surface area (Å²) in [6, 6.07) is 8.31. The summed E-state index contributed by atoms with van der Waals surface area (Å²) < 4.78 is 1.78. The predicted molar refractivity (Wildman–Crippen MR) is 84.0 cm³/mol. The highest BCUT2D eigenvalue weighted by Gasteiger charge is 2.14. The average Bonchev–Trinajstić information content (AvgIpc) is 2.90. The van der Waals surface area contributed by atoms with Crippen molar-refractivity contribution in [3.8, 4) is 0 Å². The number of nitrogens with zero attached hydrogens (tertiary/aromatic N) is 4. The fraction of sp³-hybridized carbons (Fsp3) is 0.312. The Labute approximate surface area is 124 Å². The Balaban J connectivity index is 2.14. The third kappa shape index (κ3) is 2.59. The molecule has 2 heterocycles.